The van der Waals surface area contributed by atoms with Gasteiger partial charge < -0.3 is 4.90 Å². The lowest BCUT2D eigenvalue weighted by molar-refractivity contribution is 0.0760. The van der Waals surface area contributed by atoms with Gasteiger partial charge in [-0.15, -0.1) is 11.8 Å². The van der Waals surface area contributed by atoms with Crippen LogP contribution in [0.3, 0.4) is 0 Å². The monoisotopic (exact) mass is 359 g/mol. The van der Waals surface area contributed by atoms with Gasteiger partial charge in [-0.25, -0.2) is 0 Å². The fraction of sp³-hybridized carbons (Fsp3) is 0.350. The van der Waals surface area contributed by atoms with Crippen LogP contribution in [0, 0.1) is 0 Å². The molecule has 0 saturated carbocycles. The third-order valence-electron chi connectivity index (χ3n) is 4.28. The highest BCUT2D eigenvalue weighted by Crippen LogP contribution is 2.39. The van der Waals surface area contributed by atoms with Crippen LogP contribution < -0.4 is 0 Å². The van der Waals surface area contributed by atoms with E-state index in [1.54, 1.807) is 11.8 Å². The molecule has 0 N–H and O–H groups in total. The number of amides is 1. The number of benzene rings is 2. The lowest BCUT2D eigenvalue weighted by Gasteiger charge is -2.25. The van der Waals surface area contributed by atoms with Crippen LogP contribution in [0.25, 0.3) is 0 Å². The molecule has 1 atom stereocenters. The predicted octanol–water partition coefficient (Wildman–Crippen LogP) is 5.53. The Morgan fingerprint density at radius 2 is 1.88 bits per heavy atom. The van der Waals surface area contributed by atoms with Crippen molar-refractivity contribution < 1.29 is 4.79 Å². The Hall–Kier alpha value is -1.45. The zero-order valence-corrected chi connectivity index (χ0v) is 15.8. The number of hydrogen-bond donors (Lipinski definition) is 0. The van der Waals surface area contributed by atoms with Gasteiger partial charge in [-0.1, -0.05) is 56.6 Å². The zero-order valence-electron chi connectivity index (χ0n) is 14.3. The van der Waals surface area contributed by atoms with Crippen molar-refractivity contribution in [2.75, 3.05) is 12.3 Å². The van der Waals surface area contributed by atoms with E-state index in [-0.39, 0.29) is 16.7 Å². The van der Waals surface area contributed by atoms with Crippen molar-refractivity contribution in [1.82, 2.24) is 4.90 Å². The Morgan fingerprint density at radius 1 is 1.17 bits per heavy atom. The molecule has 3 rings (SSSR count). The summed E-state index contributed by atoms with van der Waals surface area (Å²) in [6.07, 6.45) is 0. The van der Waals surface area contributed by atoms with Crippen LogP contribution in [0.15, 0.2) is 48.5 Å². The molecule has 1 aliphatic rings. The normalized spacial score (nSPS) is 18.0. The molecule has 2 aromatic rings. The molecule has 0 aromatic heterocycles. The van der Waals surface area contributed by atoms with Gasteiger partial charge in [0.2, 0.25) is 0 Å². The Labute approximate surface area is 153 Å². The Morgan fingerprint density at radius 3 is 2.50 bits per heavy atom. The second-order valence-corrected chi connectivity index (χ2v) is 8.73. The molecular weight excluding hydrogens is 338 g/mol. The van der Waals surface area contributed by atoms with E-state index in [4.69, 9.17) is 11.6 Å². The number of hydrogen-bond acceptors (Lipinski definition) is 2. The van der Waals surface area contributed by atoms with Crippen molar-refractivity contribution in [1.29, 1.82) is 0 Å². The molecule has 2 nitrogen and oxygen atoms in total. The fourth-order valence-electron chi connectivity index (χ4n) is 2.89. The predicted molar refractivity (Wildman–Crippen MR) is 103 cm³/mol. The highest BCUT2D eigenvalue weighted by Gasteiger charge is 2.31. The largest absolute Gasteiger partial charge is 0.322 e. The van der Waals surface area contributed by atoms with Crippen molar-refractivity contribution in [3.63, 3.8) is 0 Å². The van der Waals surface area contributed by atoms with Crippen molar-refractivity contribution in [2.24, 2.45) is 0 Å². The van der Waals surface area contributed by atoms with Crippen molar-refractivity contribution >= 4 is 29.3 Å². The summed E-state index contributed by atoms with van der Waals surface area (Å²) in [7, 11) is 0. The quantitative estimate of drug-likeness (QED) is 0.703. The smallest absolute Gasteiger partial charge is 0.255 e. The molecule has 0 spiro atoms. The Bertz CT molecular complexity index is 736. The summed E-state index contributed by atoms with van der Waals surface area (Å²) >= 11 is 7.90. The van der Waals surface area contributed by atoms with Gasteiger partial charge >= 0.3 is 0 Å². The van der Waals surface area contributed by atoms with E-state index in [9.17, 15) is 4.79 Å². The van der Waals surface area contributed by atoms with Gasteiger partial charge in [-0.2, -0.15) is 0 Å². The summed E-state index contributed by atoms with van der Waals surface area (Å²) in [6.45, 7) is 7.30. The van der Waals surface area contributed by atoms with E-state index < -0.39 is 0 Å². The van der Waals surface area contributed by atoms with E-state index >= 15 is 0 Å². The average molecular weight is 360 g/mol. The molecule has 1 saturated heterocycles. The molecule has 1 aliphatic heterocycles. The summed E-state index contributed by atoms with van der Waals surface area (Å²) < 4.78 is 0. The third kappa shape index (κ3) is 3.62. The van der Waals surface area contributed by atoms with Crippen molar-refractivity contribution in [3.05, 3.63) is 70.2 Å². The van der Waals surface area contributed by atoms with Crippen LogP contribution in [0.2, 0.25) is 5.02 Å². The first-order chi connectivity index (χ1) is 11.4. The van der Waals surface area contributed by atoms with E-state index in [0.717, 1.165) is 23.4 Å². The van der Waals surface area contributed by atoms with Crippen LogP contribution in [0.1, 0.15) is 47.6 Å². The second-order valence-electron chi connectivity index (χ2n) is 7.10. The number of carbonyl (C=O) groups is 1. The van der Waals surface area contributed by atoms with E-state index in [1.165, 1.54) is 5.56 Å². The Balaban J connectivity index is 1.83. The second kappa shape index (κ2) is 6.81. The highest BCUT2D eigenvalue weighted by molar-refractivity contribution is 7.99. The van der Waals surface area contributed by atoms with Crippen molar-refractivity contribution in [3.8, 4) is 0 Å². The molecule has 1 amide bonds. The number of halogens is 1. The van der Waals surface area contributed by atoms with Gasteiger partial charge in [0.15, 0.2) is 0 Å². The maximum absolute atomic E-state index is 13.0. The topological polar surface area (TPSA) is 20.3 Å². The zero-order chi connectivity index (χ0) is 17.3. The van der Waals surface area contributed by atoms with Crippen molar-refractivity contribution in [2.45, 2.75) is 31.6 Å². The number of carbonyl (C=O) groups excluding carboxylic acids is 1. The number of rotatable bonds is 2. The minimum absolute atomic E-state index is 0.0403. The molecular formula is C20H22ClNOS. The lowest BCUT2D eigenvalue weighted by Crippen LogP contribution is -2.30. The van der Waals surface area contributed by atoms with Gasteiger partial charge in [-0.3, -0.25) is 4.79 Å². The van der Waals surface area contributed by atoms with E-state index in [1.807, 2.05) is 41.3 Å². The van der Waals surface area contributed by atoms with Crippen LogP contribution in [-0.2, 0) is 5.41 Å². The van der Waals surface area contributed by atoms with Gasteiger partial charge in [0.25, 0.3) is 5.91 Å². The lowest BCUT2D eigenvalue weighted by atomic mass is 9.86. The van der Waals surface area contributed by atoms with Gasteiger partial charge in [0.1, 0.15) is 5.37 Å². The van der Waals surface area contributed by atoms with Crippen LogP contribution in [0.5, 0.6) is 0 Å². The van der Waals surface area contributed by atoms with Gasteiger partial charge in [0, 0.05) is 22.9 Å². The Kier molecular flexibility index (Phi) is 4.93. The van der Waals surface area contributed by atoms with E-state index in [2.05, 4.69) is 32.9 Å². The highest BCUT2D eigenvalue weighted by atomic mass is 35.5. The average Bonchev–Trinajstić information content (AvgIpc) is 3.03. The molecule has 1 fully saturated rings. The molecule has 0 bridgehead atoms. The number of nitrogens with zero attached hydrogens (tertiary/aromatic N) is 1. The first-order valence-electron chi connectivity index (χ1n) is 8.15. The molecule has 0 unspecified atom stereocenters. The SMILES string of the molecule is CC(C)(C)c1ccc(C(=O)N2CCS[C@@H]2c2cccc(Cl)c2)cc1. The first kappa shape index (κ1) is 17.4. The van der Waals surface area contributed by atoms with E-state index in [0.29, 0.717) is 5.02 Å². The summed E-state index contributed by atoms with van der Waals surface area (Å²) in [4.78, 5) is 14.9. The molecule has 126 valence electrons. The summed E-state index contributed by atoms with van der Waals surface area (Å²) in [5.74, 6) is 1.04. The minimum Gasteiger partial charge on any atom is -0.322 e. The molecule has 0 radical (unpaired) electrons. The molecule has 2 aromatic carbocycles. The summed E-state index contributed by atoms with van der Waals surface area (Å²) in [5.41, 5.74) is 3.16. The first-order valence-corrected chi connectivity index (χ1v) is 9.57. The van der Waals surface area contributed by atoms with Gasteiger partial charge in [-0.05, 0) is 40.8 Å². The number of thioether (sulfide) groups is 1. The van der Waals surface area contributed by atoms with Crippen LogP contribution in [0.4, 0.5) is 0 Å². The molecule has 1 heterocycles. The molecule has 24 heavy (non-hydrogen) atoms. The minimum atomic E-state index is 0.0403. The van der Waals surface area contributed by atoms with Crippen LogP contribution >= 0.6 is 23.4 Å². The maximum atomic E-state index is 13.0. The fourth-order valence-corrected chi connectivity index (χ4v) is 4.34. The summed E-state index contributed by atoms with van der Waals surface area (Å²) in [6, 6.07) is 15.8. The molecule has 4 heteroatoms. The van der Waals surface area contributed by atoms with Gasteiger partial charge in [0.05, 0.1) is 0 Å². The summed E-state index contributed by atoms with van der Waals surface area (Å²) in [5, 5.41) is 0.750. The molecule has 0 aliphatic carbocycles. The van der Waals surface area contributed by atoms with Crippen LogP contribution in [-0.4, -0.2) is 23.1 Å². The maximum Gasteiger partial charge on any atom is 0.255 e. The standard InChI is InChI=1S/C20H22ClNOS/c1-20(2,3)16-9-7-14(8-10-16)18(23)22-11-12-24-19(22)15-5-4-6-17(21)13-15/h4-10,13,19H,11-12H2,1-3H3/t19-/m1/s1. The third-order valence-corrected chi connectivity index (χ3v) is 5.78.